The number of allylic oxidation sites excluding steroid dienone is 2. The lowest BCUT2D eigenvalue weighted by atomic mass is 9.46. The minimum Gasteiger partial charge on any atom is -0.310 e. The van der Waals surface area contributed by atoms with Crippen LogP contribution >= 0.6 is 0 Å². The van der Waals surface area contributed by atoms with Crippen molar-refractivity contribution in [2.45, 2.75) is 109 Å². The van der Waals surface area contributed by atoms with Gasteiger partial charge in [0.15, 0.2) is 0 Å². The van der Waals surface area contributed by atoms with Gasteiger partial charge >= 0.3 is 0 Å². The summed E-state index contributed by atoms with van der Waals surface area (Å²) in [6.07, 6.45) is 25.0. The number of hydrogen-bond acceptors (Lipinski definition) is 1. The monoisotopic (exact) mass is 355 g/mol. The van der Waals surface area contributed by atoms with E-state index in [0.29, 0.717) is 17.4 Å². The van der Waals surface area contributed by atoms with Crippen LogP contribution < -0.4 is 5.32 Å². The molecule has 0 aromatic heterocycles. The van der Waals surface area contributed by atoms with Crippen LogP contribution in [0.5, 0.6) is 0 Å². The van der Waals surface area contributed by atoms with E-state index in [2.05, 4.69) is 31.0 Å². The molecule has 3 fully saturated rings. The Labute approximate surface area is 162 Å². The van der Waals surface area contributed by atoms with Crippen molar-refractivity contribution in [3.8, 4) is 0 Å². The predicted octanol–water partition coefficient (Wildman–Crippen LogP) is 6.80. The predicted molar refractivity (Wildman–Crippen MR) is 112 cm³/mol. The highest BCUT2D eigenvalue weighted by atomic mass is 15.0. The topological polar surface area (TPSA) is 12.0 Å². The number of nitrogens with one attached hydrogen (secondary N) is 1. The maximum atomic E-state index is 4.44. The van der Waals surface area contributed by atoms with Crippen molar-refractivity contribution in [1.29, 1.82) is 0 Å². The molecule has 3 aliphatic carbocycles. The molecule has 1 aliphatic heterocycles. The van der Waals surface area contributed by atoms with E-state index < -0.39 is 0 Å². The fourth-order valence-electron chi connectivity index (χ4n) is 7.69. The molecule has 1 heteroatoms. The third kappa shape index (κ3) is 3.03. The largest absolute Gasteiger partial charge is 0.310 e. The Kier molecular flexibility index (Phi) is 5.93. The van der Waals surface area contributed by atoms with Gasteiger partial charge < -0.3 is 5.32 Å². The Bertz CT molecular complexity index is 514. The smallest absolute Gasteiger partial charge is 0.0138 e. The van der Waals surface area contributed by atoms with Crippen molar-refractivity contribution in [1.82, 2.24) is 5.32 Å². The molecule has 0 radical (unpaired) electrons. The molecule has 26 heavy (non-hydrogen) atoms. The number of piperidine rings is 1. The van der Waals surface area contributed by atoms with Gasteiger partial charge in [-0.05, 0) is 69.6 Å². The van der Waals surface area contributed by atoms with E-state index in [4.69, 9.17) is 0 Å². The maximum Gasteiger partial charge on any atom is 0.0138 e. The van der Waals surface area contributed by atoms with E-state index in [-0.39, 0.29) is 0 Å². The van der Waals surface area contributed by atoms with Crippen LogP contribution in [0.15, 0.2) is 24.3 Å². The highest BCUT2D eigenvalue weighted by Gasteiger charge is 2.58. The third-order valence-electron chi connectivity index (χ3n) is 8.61. The highest BCUT2D eigenvalue weighted by Crippen LogP contribution is 2.62. The van der Waals surface area contributed by atoms with Gasteiger partial charge in [0.25, 0.3) is 0 Å². The van der Waals surface area contributed by atoms with Crippen LogP contribution in [0, 0.1) is 23.2 Å². The molecule has 0 bridgehead atoms. The lowest BCUT2D eigenvalue weighted by Gasteiger charge is -2.62. The minimum absolute atomic E-state index is 0.430. The van der Waals surface area contributed by atoms with Gasteiger partial charge in [0.2, 0.25) is 0 Å². The van der Waals surface area contributed by atoms with Crippen LogP contribution in [-0.4, -0.2) is 12.1 Å². The van der Waals surface area contributed by atoms with E-state index in [1.165, 1.54) is 89.9 Å². The van der Waals surface area contributed by atoms with Gasteiger partial charge in [0.05, 0.1) is 0 Å². The molecule has 1 saturated heterocycles. The molecule has 5 unspecified atom stereocenters. The second kappa shape index (κ2) is 8.21. The standard InChI is InChI=1S/C25H41N/c1-3-21-23(4-2)26-24-18-12-11-17-22(24)25(21,19-13-7-5-8-14-19)20-15-9-6-10-16-20/h3,13,20-24,26H,1,4-12,14-18H2,2H3. The lowest BCUT2D eigenvalue weighted by molar-refractivity contribution is -0.0540. The van der Waals surface area contributed by atoms with Gasteiger partial charge in [-0.1, -0.05) is 56.8 Å². The van der Waals surface area contributed by atoms with Crippen molar-refractivity contribution in [2.24, 2.45) is 23.2 Å². The van der Waals surface area contributed by atoms with Gasteiger partial charge in [0.1, 0.15) is 0 Å². The zero-order valence-corrected chi connectivity index (χ0v) is 17.1. The first-order chi connectivity index (χ1) is 12.8. The first-order valence-electron chi connectivity index (χ1n) is 11.9. The molecule has 0 spiro atoms. The molecule has 0 amide bonds. The quantitative estimate of drug-likeness (QED) is 0.547. The van der Waals surface area contributed by atoms with Crippen molar-refractivity contribution in [3.63, 3.8) is 0 Å². The first-order valence-corrected chi connectivity index (χ1v) is 11.9. The first kappa shape index (κ1) is 18.8. The molecular formula is C25H41N. The lowest BCUT2D eigenvalue weighted by Crippen LogP contribution is -2.65. The molecule has 4 aliphatic rings. The second-order valence-corrected chi connectivity index (χ2v) is 9.68. The fraction of sp³-hybridized carbons (Fsp3) is 0.840. The molecule has 2 saturated carbocycles. The molecule has 0 aromatic carbocycles. The van der Waals surface area contributed by atoms with E-state index in [0.717, 1.165) is 17.9 Å². The van der Waals surface area contributed by atoms with Crippen molar-refractivity contribution >= 4 is 0 Å². The summed E-state index contributed by atoms with van der Waals surface area (Å²) in [6.45, 7) is 6.84. The van der Waals surface area contributed by atoms with Gasteiger partial charge in [0, 0.05) is 23.4 Å². The summed E-state index contributed by atoms with van der Waals surface area (Å²) in [5.41, 5.74) is 2.32. The van der Waals surface area contributed by atoms with E-state index in [1.807, 2.05) is 5.57 Å². The molecule has 4 rings (SSSR count). The van der Waals surface area contributed by atoms with E-state index in [9.17, 15) is 0 Å². The van der Waals surface area contributed by atoms with Gasteiger partial charge in [-0.3, -0.25) is 0 Å². The second-order valence-electron chi connectivity index (χ2n) is 9.68. The Hall–Kier alpha value is -0.560. The van der Waals surface area contributed by atoms with Gasteiger partial charge in [-0.25, -0.2) is 0 Å². The molecule has 5 atom stereocenters. The summed E-state index contributed by atoms with van der Waals surface area (Å²) in [6, 6.07) is 1.39. The van der Waals surface area contributed by atoms with Crippen LogP contribution in [0.1, 0.15) is 96.8 Å². The zero-order valence-electron chi connectivity index (χ0n) is 17.1. The van der Waals surface area contributed by atoms with Crippen molar-refractivity contribution < 1.29 is 0 Å². The SMILES string of the molecule is C=CC1C(CC)NC2CCCCC2C1(C1=CCCCC1)C1CCCCC1. The summed E-state index contributed by atoms with van der Waals surface area (Å²) in [7, 11) is 0. The van der Waals surface area contributed by atoms with Crippen LogP contribution in [0.2, 0.25) is 0 Å². The molecule has 146 valence electrons. The zero-order chi connectivity index (χ0) is 18.0. The third-order valence-corrected chi connectivity index (χ3v) is 8.61. The maximum absolute atomic E-state index is 4.44. The number of fused-ring (bicyclic) bond motifs is 1. The van der Waals surface area contributed by atoms with Crippen molar-refractivity contribution in [3.05, 3.63) is 24.3 Å². The van der Waals surface area contributed by atoms with Crippen molar-refractivity contribution in [2.75, 3.05) is 0 Å². The van der Waals surface area contributed by atoms with Gasteiger partial charge in [-0.15, -0.1) is 6.58 Å². The summed E-state index contributed by atoms with van der Waals surface area (Å²) in [5, 5.41) is 4.14. The molecule has 1 heterocycles. The van der Waals surface area contributed by atoms with Crippen LogP contribution in [0.4, 0.5) is 0 Å². The summed E-state index contributed by atoms with van der Waals surface area (Å²) in [5.74, 6) is 2.40. The average Bonchev–Trinajstić information content (AvgIpc) is 2.73. The highest BCUT2D eigenvalue weighted by molar-refractivity contribution is 5.29. The van der Waals surface area contributed by atoms with E-state index >= 15 is 0 Å². The Morgan fingerprint density at radius 2 is 1.81 bits per heavy atom. The minimum atomic E-state index is 0.430. The molecule has 0 aromatic rings. The number of rotatable bonds is 4. The van der Waals surface area contributed by atoms with Crippen LogP contribution in [0.3, 0.4) is 0 Å². The number of hydrogen-bond donors (Lipinski definition) is 1. The average molecular weight is 356 g/mol. The fourth-order valence-corrected chi connectivity index (χ4v) is 7.69. The Morgan fingerprint density at radius 3 is 2.50 bits per heavy atom. The van der Waals surface area contributed by atoms with Crippen LogP contribution in [-0.2, 0) is 0 Å². The normalized spacial score (nSPS) is 42.0. The molecule has 1 nitrogen and oxygen atoms in total. The van der Waals surface area contributed by atoms with Gasteiger partial charge in [-0.2, -0.15) is 0 Å². The van der Waals surface area contributed by atoms with Crippen LogP contribution in [0.25, 0.3) is 0 Å². The Balaban J connectivity index is 1.84. The van der Waals surface area contributed by atoms with E-state index in [1.54, 1.807) is 0 Å². The summed E-state index contributed by atoms with van der Waals surface area (Å²) in [4.78, 5) is 0. The molecule has 1 N–H and O–H groups in total. The summed E-state index contributed by atoms with van der Waals surface area (Å²) < 4.78 is 0. The summed E-state index contributed by atoms with van der Waals surface area (Å²) >= 11 is 0. The Morgan fingerprint density at radius 1 is 1.04 bits per heavy atom. The molecular weight excluding hydrogens is 314 g/mol.